The van der Waals surface area contributed by atoms with Crippen LogP contribution in [0, 0.1) is 0 Å². The summed E-state index contributed by atoms with van der Waals surface area (Å²) in [5, 5.41) is 17.2. The predicted molar refractivity (Wildman–Crippen MR) is 117 cm³/mol. The fourth-order valence-electron chi connectivity index (χ4n) is 4.22. The average Bonchev–Trinajstić information content (AvgIpc) is 3.36. The molecule has 172 valence electrons. The summed E-state index contributed by atoms with van der Waals surface area (Å²) in [6.07, 6.45) is 1.08. The molecule has 2 aliphatic rings. The Hall–Kier alpha value is -3.14. The second kappa shape index (κ2) is 8.78. The molecule has 2 saturated heterocycles. The second-order valence-electron chi connectivity index (χ2n) is 9.33. The van der Waals surface area contributed by atoms with Gasteiger partial charge in [0.2, 0.25) is 17.7 Å². The first kappa shape index (κ1) is 22.1. The molecule has 0 aliphatic carbocycles. The Bertz CT molecular complexity index is 968. The molecule has 3 N–H and O–H groups in total. The molecule has 1 aromatic heterocycles. The van der Waals surface area contributed by atoms with Crippen molar-refractivity contribution < 1.29 is 18.7 Å². The summed E-state index contributed by atoms with van der Waals surface area (Å²) in [6.45, 7) is 6.88. The van der Waals surface area contributed by atoms with Crippen LogP contribution in [0.25, 0.3) is 11.5 Å². The van der Waals surface area contributed by atoms with E-state index in [1.807, 2.05) is 45.0 Å². The number of methoxy groups -OCH3 is 1. The van der Waals surface area contributed by atoms with E-state index in [1.54, 1.807) is 7.11 Å². The van der Waals surface area contributed by atoms with Crippen molar-refractivity contribution in [2.45, 2.75) is 57.3 Å². The standard InChI is InChI=1S/C22H30N6O4/c1-22(2,3)25-21(30)24-14-9-17-19(29)23-11-15(28(17)12-14)10-18-26-27-20(32-18)13-5-7-16(31-4)8-6-13/h5-8,14-15,17H,9-12H2,1-4H3,(H,23,29)(H2,24,25,30)/t14-,15+,17-/m0/s1. The van der Waals surface area contributed by atoms with Gasteiger partial charge in [0, 0.05) is 42.7 Å². The largest absolute Gasteiger partial charge is 0.497 e. The quantitative estimate of drug-likeness (QED) is 0.639. The molecule has 0 unspecified atom stereocenters. The number of nitrogens with zero attached hydrogens (tertiary/aromatic N) is 3. The zero-order valence-corrected chi connectivity index (χ0v) is 18.8. The van der Waals surface area contributed by atoms with E-state index in [1.165, 1.54) is 0 Å². The number of urea groups is 1. The van der Waals surface area contributed by atoms with Crippen molar-refractivity contribution >= 4 is 11.9 Å². The second-order valence-corrected chi connectivity index (χ2v) is 9.33. The first-order valence-corrected chi connectivity index (χ1v) is 10.8. The Balaban J connectivity index is 1.40. The van der Waals surface area contributed by atoms with Gasteiger partial charge in [0.25, 0.3) is 0 Å². The predicted octanol–water partition coefficient (Wildman–Crippen LogP) is 1.33. The number of nitrogens with one attached hydrogen (secondary N) is 3. The van der Waals surface area contributed by atoms with Crippen LogP contribution < -0.4 is 20.7 Å². The van der Waals surface area contributed by atoms with Crippen LogP contribution in [0.2, 0.25) is 0 Å². The lowest BCUT2D eigenvalue weighted by Crippen LogP contribution is -2.58. The molecule has 4 rings (SSSR count). The molecule has 0 saturated carbocycles. The number of piperazine rings is 1. The number of aromatic nitrogens is 2. The monoisotopic (exact) mass is 442 g/mol. The average molecular weight is 443 g/mol. The van der Waals surface area contributed by atoms with Crippen molar-refractivity contribution in [3.63, 3.8) is 0 Å². The van der Waals surface area contributed by atoms with E-state index in [-0.39, 0.29) is 35.6 Å². The Kier molecular flexibility index (Phi) is 6.05. The molecular weight excluding hydrogens is 412 g/mol. The molecule has 0 radical (unpaired) electrons. The Morgan fingerprint density at radius 2 is 2.03 bits per heavy atom. The van der Waals surface area contributed by atoms with Crippen LogP contribution >= 0.6 is 0 Å². The van der Waals surface area contributed by atoms with Crippen LogP contribution in [-0.4, -0.2) is 70.9 Å². The van der Waals surface area contributed by atoms with Gasteiger partial charge in [-0.25, -0.2) is 4.79 Å². The number of carbonyl (C=O) groups is 2. The molecule has 2 aliphatic heterocycles. The van der Waals surface area contributed by atoms with E-state index < -0.39 is 0 Å². The van der Waals surface area contributed by atoms with E-state index in [4.69, 9.17) is 9.15 Å². The normalized spacial score (nSPS) is 23.4. The summed E-state index contributed by atoms with van der Waals surface area (Å²) in [4.78, 5) is 26.8. The maximum atomic E-state index is 12.4. The molecule has 3 amide bonds. The lowest BCUT2D eigenvalue weighted by atomic mass is 10.1. The number of hydrogen-bond donors (Lipinski definition) is 3. The summed E-state index contributed by atoms with van der Waals surface area (Å²) < 4.78 is 11.1. The van der Waals surface area contributed by atoms with Gasteiger partial charge >= 0.3 is 6.03 Å². The molecule has 1 aromatic carbocycles. The van der Waals surface area contributed by atoms with Crippen LogP contribution in [0.5, 0.6) is 5.75 Å². The van der Waals surface area contributed by atoms with Crippen LogP contribution in [-0.2, 0) is 11.2 Å². The molecule has 0 spiro atoms. The maximum absolute atomic E-state index is 12.4. The number of ether oxygens (including phenoxy) is 1. The van der Waals surface area contributed by atoms with Gasteiger partial charge < -0.3 is 25.1 Å². The summed E-state index contributed by atoms with van der Waals surface area (Å²) in [6, 6.07) is 6.82. The Morgan fingerprint density at radius 1 is 1.28 bits per heavy atom. The molecule has 10 heteroatoms. The van der Waals surface area contributed by atoms with Crippen molar-refractivity contribution in [1.82, 2.24) is 31.0 Å². The highest BCUT2D eigenvalue weighted by molar-refractivity contribution is 5.83. The van der Waals surface area contributed by atoms with Crippen LogP contribution in [0.3, 0.4) is 0 Å². The van der Waals surface area contributed by atoms with Crippen molar-refractivity contribution in [3.05, 3.63) is 30.2 Å². The van der Waals surface area contributed by atoms with Crippen molar-refractivity contribution in [3.8, 4) is 17.2 Å². The highest BCUT2D eigenvalue weighted by Gasteiger charge is 2.44. The molecule has 2 fully saturated rings. The van der Waals surface area contributed by atoms with Gasteiger partial charge in [-0.1, -0.05) is 0 Å². The van der Waals surface area contributed by atoms with Crippen molar-refractivity contribution in [1.29, 1.82) is 0 Å². The van der Waals surface area contributed by atoms with E-state index in [0.717, 1.165) is 11.3 Å². The topological polar surface area (TPSA) is 122 Å². The maximum Gasteiger partial charge on any atom is 0.315 e. The molecule has 10 nitrogen and oxygen atoms in total. The van der Waals surface area contributed by atoms with Gasteiger partial charge in [-0.15, -0.1) is 10.2 Å². The van der Waals surface area contributed by atoms with Gasteiger partial charge in [-0.05, 0) is 51.5 Å². The smallest absolute Gasteiger partial charge is 0.315 e. The molecule has 32 heavy (non-hydrogen) atoms. The molecule has 0 bridgehead atoms. The van der Waals surface area contributed by atoms with Crippen LogP contribution in [0.1, 0.15) is 33.1 Å². The van der Waals surface area contributed by atoms with E-state index in [2.05, 4.69) is 31.0 Å². The first-order chi connectivity index (χ1) is 15.2. The minimum absolute atomic E-state index is 0.00812. The van der Waals surface area contributed by atoms with Gasteiger partial charge in [-0.2, -0.15) is 0 Å². The summed E-state index contributed by atoms with van der Waals surface area (Å²) in [5.41, 5.74) is 0.490. The lowest BCUT2D eigenvalue weighted by Gasteiger charge is -2.36. The zero-order valence-electron chi connectivity index (χ0n) is 18.8. The van der Waals surface area contributed by atoms with E-state index >= 15 is 0 Å². The van der Waals surface area contributed by atoms with Gasteiger partial charge in [-0.3, -0.25) is 9.69 Å². The highest BCUT2D eigenvalue weighted by Crippen LogP contribution is 2.27. The summed E-state index contributed by atoms with van der Waals surface area (Å²) >= 11 is 0. The minimum atomic E-state index is -0.324. The number of benzene rings is 1. The van der Waals surface area contributed by atoms with Crippen molar-refractivity contribution in [2.24, 2.45) is 0 Å². The van der Waals surface area contributed by atoms with Crippen molar-refractivity contribution in [2.75, 3.05) is 20.2 Å². The minimum Gasteiger partial charge on any atom is -0.497 e. The number of rotatable bonds is 5. The molecule has 3 heterocycles. The van der Waals surface area contributed by atoms with Crippen LogP contribution in [0.4, 0.5) is 4.79 Å². The SMILES string of the molecule is COc1ccc(-c2nnc(C[C@@H]3CNC(=O)[C@@H]4C[C@H](NC(=O)NC(C)(C)C)CN34)o2)cc1. The molecule has 2 aromatic rings. The summed E-state index contributed by atoms with van der Waals surface area (Å²) in [7, 11) is 1.62. The Labute approximate surface area is 187 Å². The number of amides is 3. The van der Waals surface area contributed by atoms with Gasteiger partial charge in [0.15, 0.2) is 0 Å². The third-order valence-corrected chi connectivity index (χ3v) is 5.66. The number of carbonyl (C=O) groups excluding carboxylic acids is 2. The third-order valence-electron chi connectivity index (χ3n) is 5.66. The van der Waals surface area contributed by atoms with E-state index in [0.29, 0.717) is 37.7 Å². The molecule has 3 atom stereocenters. The number of fused-ring (bicyclic) bond motifs is 1. The van der Waals surface area contributed by atoms with E-state index in [9.17, 15) is 9.59 Å². The first-order valence-electron chi connectivity index (χ1n) is 10.8. The zero-order chi connectivity index (χ0) is 22.9. The third kappa shape index (κ3) is 5.01. The van der Waals surface area contributed by atoms with Gasteiger partial charge in [0.05, 0.1) is 13.2 Å². The summed E-state index contributed by atoms with van der Waals surface area (Å²) in [5.74, 6) is 1.70. The lowest BCUT2D eigenvalue weighted by molar-refractivity contribution is -0.129. The van der Waals surface area contributed by atoms with Crippen LogP contribution in [0.15, 0.2) is 28.7 Å². The fraction of sp³-hybridized carbons (Fsp3) is 0.545. The Morgan fingerprint density at radius 3 is 2.72 bits per heavy atom. The number of hydrogen-bond acceptors (Lipinski definition) is 7. The fourth-order valence-corrected chi connectivity index (χ4v) is 4.22. The molecular formula is C22H30N6O4. The highest BCUT2D eigenvalue weighted by atomic mass is 16.5. The van der Waals surface area contributed by atoms with Gasteiger partial charge in [0.1, 0.15) is 5.75 Å².